The van der Waals surface area contributed by atoms with Crippen LogP contribution in [0.15, 0.2) is 42.5 Å². The SMILES string of the molecule is Cc1[nH]c2ccccc2c1C(=O)[C@H](C)[NH2+][C@@H](C)c1ccc(F)cc1F. The highest BCUT2D eigenvalue weighted by atomic mass is 19.1. The van der Waals surface area contributed by atoms with Crippen LogP contribution in [-0.2, 0) is 0 Å². The van der Waals surface area contributed by atoms with Gasteiger partial charge >= 0.3 is 0 Å². The van der Waals surface area contributed by atoms with E-state index in [1.54, 1.807) is 5.32 Å². The second-order valence-electron chi connectivity index (χ2n) is 6.47. The molecule has 2 atom stereocenters. The zero-order chi connectivity index (χ0) is 18.1. The van der Waals surface area contributed by atoms with Gasteiger partial charge in [-0.2, -0.15) is 0 Å². The third kappa shape index (κ3) is 3.33. The van der Waals surface area contributed by atoms with Crippen LogP contribution in [0.5, 0.6) is 0 Å². The molecule has 0 bridgehead atoms. The van der Waals surface area contributed by atoms with Gasteiger partial charge in [0.1, 0.15) is 23.7 Å². The Morgan fingerprint density at radius 3 is 2.56 bits per heavy atom. The fraction of sp³-hybridized carbons (Fsp3) is 0.250. The van der Waals surface area contributed by atoms with Crippen molar-refractivity contribution in [1.82, 2.24) is 4.98 Å². The van der Waals surface area contributed by atoms with Crippen molar-refractivity contribution in [2.75, 3.05) is 0 Å². The van der Waals surface area contributed by atoms with E-state index in [1.165, 1.54) is 12.1 Å². The molecule has 3 rings (SSSR count). The molecule has 0 fully saturated rings. The number of fused-ring (bicyclic) bond motifs is 1. The van der Waals surface area contributed by atoms with Crippen molar-refractivity contribution < 1.29 is 18.9 Å². The van der Waals surface area contributed by atoms with Gasteiger partial charge in [0.25, 0.3) is 0 Å². The van der Waals surface area contributed by atoms with Crippen molar-refractivity contribution in [1.29, 1.82) is 0 Å². The van der Waals surface area contributed by atoms with E-state index in [0.29, 0.717) is 11.1 Å². The lowest BCUT2D eigenvalue weighted by Crippen LogP contribution is -2.91. The first-order valence-electron chi connectivity index (χ1n) is 8.30. The molecule has 0 saturated heterocycles. The first-order chi connectivity index (χ1) is 11.9. The van der Waals surface area contributed by atoms with Gasteiger partial charge in [0, 0.05) is 28.2 Å². The van der Waals surface area contributed by atoms with Gasteiger partial charge in [-0.3, -0.25) is 4.79 Å². The molecule has 0 radical (unpaired) electrons. The van der Waals surface area contributed by atoms with E-state index >= 15 is 0 Å². The summed E-state index contributed by atoms with van der Waals surface area (Å²) < 4.78 is 27.0. The van der Waals surface area contributed by atoms with Gasteiger partial charge in [-0.25, -0.2) is 8.78 Å². The fourth-order valence-electron chi connectivity index (χ4n) is 3.32. The molecule has 0 aliphatic rings. The highest BCUT2D eigenvalue weighted by Crippen LogP contribution is 2.23. The van der Waals surface area contributed by atoms with Gasteiger partial charge in [-0.1, -0.05) is 18.2 Å². The number of quaternary nitrogens is 1. The number of aryl methyl sites for hydroxylation is 1. The summed E-state index contributed by atoms with van der Waals surface area (Å²) in [4.78, 5) is 16.2. The molecule has 0 aliphatic heterocycles. The zero-order valence-corrected chi connectivity index (χ0v) is 14.4. The van der Waals surface area contributed by atoms with Crippen molar-refractivity contribution in [3.63, 3.8) is 0 Å². The van der Waals surface area contributed by atoms with Crippen LogP contribution in [0.4, 0.5) is 8.78 Å². The Hall–Kier alpha value is -2.53. The number of nitrogens with one attached hydrogen (secondary N) is 1. The monoisotopic (exact) mass is 343 g/mol. The molecule has 3 nitrogen and oxygen atoms in total. The van der Waals surface area contributed by atoms with Gasteiger partial charge in [0.05, 0.1) is 5.56 Å². The smallest absolute Gasteiger partial charge is 0.221 e. The van der Waals surface area contributed by atoms with Gasteiger partial charge in [0.2, 0.25) is 5.78 Å². The Bertz CT molecular complexity index is 933. The Morgan fingerprint density at radius 2 is 1.84 bits per heavy atom. The summed E-state index contributed by atoms with van der Waals surface area (Å²) in [5.41, 5.74) is 2.81. The number of aromatic nitrogens is 1. The number of carbonyl (C=O) groups is 1. The number of carbonyl (C=O) groups excluding carboxylic acids is 1. The largest absolute Gasteiger partial charge is 0.358 e. The van der Waals surface area contributed by atoms with Crippen molar-refractivity contribution in [3.8, 4) is 0 Å². The van der Waals surface area contributed by atoms with Crippen molar-refractivity contribution in [2.45, 2.75) is 32.9 Å². The number of para-hydroxylation sites is 1. The summed E-state index contributed by atoms with van der Waals surface area (Å²) in [6, 6.07) is 10.5. The molecule has 130 valence electrons. The summed E-state index contributed by atoms with van der Waals surface area (Å²) in [7, 11) is 0. The maximum absolute atomic E-state index is 13.9. The van der Waals surface area contributed by atoms with Gasteiger partial charge in [0.15, 0.2) is 0 Å². The minimum atomic E-state index is -0.605. The topological polar surface area (TPSA) is 49.5 Å². The van der Waals surface area contributed by atoms with Gasteiger partial charge in [-0.15, -0.1) is 0 Å². The first kappa shape index (κ1) is 17.3. The summed E-state index contributed by atoms with van der Waals surface area (Å²) in [5, 5.41) is 2.70. The maximum atomic E-state index is 13.9. The molecule has 0 saturated carbocycles. The molecule has 0 spiro atoms. The average molecular weight is 343 g/mol. The van der Waals surface area contributed by atoms with Gasteiger partial charge < -0.3 is 10.3 Å². The number of Topliss-reactive ketones (excluding diaryl/α,β-unsaturated/α-hetero) is 1. The second-order valence-corrected chi connectivity index (χ2v) is 6.47. The Balaban J connectivity index is 1.83. The highest BCUT2D eigenvalue weighted by Gasteiger charge is 2.26. The van der Waals surface area contributed by atoms with E-state index < -0.39 is 17.7 Å². The standard InChI is InChI=1S/C20H20F2N2O/c1-11(15-9-8-14(21)10-17(15)22)23-13(3)20(25)19-12(2)24-18-7-5-4-6-16(18)19/h4-11,13,23-24H,1-3H3/p+1/t11-,13-/m0/s1. The Labute approximate surface area is 145 Å². The molecule has 0 amide bonds. The van der Waals surface area contributed by atoms with Crippen molar-refractivity contribution in [2.24, 2.45) is 0 Å². The predicted molar refractivity (Wildman–Crippen MR) is 93.5 cm³/mol. The number of ketones is 1. The molecule has 3 aromatic rings. The minimum Gasteiger partial charge on any atom is -0.358 e. The first-order valence-corrected chi connectivity index (χ1v) is 8.30. The second kappa shape index (κ2) is 6.76. The number of hydrogen-bond donors (Lipinski definition) is 2. The molecule has 0 aliphatic carbocycles. The fourth-order valence-corrected chi connectivity index (χ4v) is 3.32. The van der Waals surface area contributed by atoms with Crippen molar-refractivity contribution >= 4 is 16.7 Å². The lowest BCUT2D eigenvalue weighted by Gasteiger charge is -2.17. The number of benzene rings is 2. The lowest BCUT2D eigenvalue weighted by atomic mass is 10.00. The molecule has 2 aromatic carbocycles. The average Bonchev–Trinajstić information content (AvgIpc) is 2.89. The Kier molecular flexibility index (Phi) is 4.68. The molecule has 3 N–H and O–H groups in total. The van der Waals surface area contributed by atoms with E-state index in [0.717, 1.165) is 22.7 Å². The molecule has 25 heavy (non-hydrogen) atoms. The van der Waals surface area contributed by atoms with Crippen LogP contribution in [0.3, 0.4) is 0 Å². The normalized spacial score (nSPS) is 13.8. The van der Waals surface area contributed by atoms with E-state index in [2.05, 4.69) is 4.98 Å². The number of aromatic amines is 1. The minimum absolute atomic E-state index is 0.00989. The Morgan fingerprint density at radius 1 is 1.12 bits per heavy atom. The summed E-state index contributed by atoms with van der Waals surface area (Å²) in [6.45, 7) is 5.49. The van der Waals surface area contributed by atoms with E-state index in [4.69, 9.17) is 0 Å². The van der Waals surface area contributed by atoms with Crippen LogP contribution in [0.25, 0.3) is 10.9 Å². The number of rotatable bonds is 5. The quantitative estimate of drug-likeness (QED) is 0.683. The van der Waals surface area contributed by atoms with Crippen LogP contribution in [0.2, 0.25) is 0 Å². The predicted octanol–water partition coefficient (Wildman–Crippen LogP) is 3.65. The van der Waals surface area contributed by atoms with Gasteiger partial charge in [-0.05, 0) is 39.0 Å². The maximum Gasteiger partial charge on any atom is 0.221 e. The van der Waals surface area contributed by atoms with E-state index in [9.17, 15) is 13.6 Å². The third-order valence-electron chi connectivity index (χ3n) is 4.58. The summed E-state index contributed by atoms with van der Waals surface area (Å²) >= 11 is 0. The van der Waals surface area contributed by atoms with Crippen LogP contribution >= 0.6 is 0 Å². The molecular formula is C20H21F2N2O+. The van der Waals surface area contributed by atoms with Crippen LogP contribution < -0.4 is 5.32 Å². The molecular weight excluding hydrogens is 322 g/mol. The number of nitrogens with two attached hydrogens (primary N) is 1. The van der Waals surface area contributed by atoms with Crippen LogP contribution in [0.1, 0.15) is 41.5 Å². The van der Waals surface area contributed by atoms with E-state index in [-0.39, 0.29) is 11.8 Å². The molecule has 5 heteroatoms. The number of H-pyrrole nitrogens is 1. The van der Waals surface area contributed by atoms with Crippen LogP contribution in [0, 0.1) is 18.6 Å². The van der Waals surface area contributed by atoms with Crippen LogP contribution in [-0.4, -0.2) is 16.8 Å². The molecule has 0 unspecified atom stereocenters. The molecule has 1 aromatic heterocycles. The third-order valence-corrected chi connectivity index (χ3v) is 4.58. The lowest BCUT2D eigenvalue weighted by molar-refractivity contribution is -0.709. The van der Waals surface area contributed by atoms with E-state index in [1.807, 2.05) is 45.0 Å². The van der Waals surface area contributed by atoms with Crippen molar-refractivity contribution in [3.05, 3.63) is 70.9 Å². The zero-order valence-electron chi connectivity index (χ0n) is 14.4. The number of hydrogen-bond acceptors (Lipinski definition) is 1. The summed E-state index contributed by atoms with van der Waals surface area (Å²) in [6.07, 6.45) is 0. The summed E-state index contributed by atoms with van der Waals surface area (Å²) in [5.74, 6) is -1.21. The highest BCUT2D eigenvalue weighted by molar-refractivity contribution is 6.10. The number of halogens is 2. The molecule has 1 heterocycles.